The highest BCUT2D eigenvalue weighted by Crippen LogP contribution is 2.35. The molecule has 0 atom stereocenters. The molecular formula is C12H7F4N3O2. The van der Waals surface area contributed by atoms with Gasteiger partial charge in [0.2, 0.25) is 0 Å². The Kier molecular flexibility index (Phi) is 3.66. The molecule has 0 aliphatic heterocycles. The maximum Gasteiger partial charge on any atom is 0.315 e. The summed E-state index contributed by atoms with van der Waals surface area (Å²) in [6.45, 7) is 0. The van der Waals surface area contributed by atoms with Crippen molar-refractivity contribution in [2.75, 3.05) is 11.1 Å². The van der Waals surface area contributed by atoms with Gasteiger partial charge in [-0.3, -0.25) is 10.1 Å². The Bertz CT molecular complexity index is 711. The molecule has 3 N–H and O–H groups in total. The van der Waals surface area contributed by atoms with Crippen LogP contribution in [0.1, 0.15) is 0 Å². The average molecular weight is 301 g/mol. The van der Waals surface area contributed by atoms with E-state index in [-0.39, 0.29) is 11.8 Å². The third-order valence-electron chi connectivity index (χ3n) is 2.62. The molecule has 0 fully saturated rings. The number of nitrogens with zero attached hydrogens (tertiary/aromatic N) is 1. The van der Waals surface area contributed by atoms with E-state index in [0.717, 1.165) is 6.07 Å². The van der Waals surface area contributed by atoms with Crippen molar-refractivity contribution >= 4 is 22.7 Å². The maximum absolute atomic E-state index is 13.5. The molecule has 2 rings (SSSR count). The van der Waals surface area contributed by atoms with Gasteiger partial charge in [-0.15, -0.1) is 0 Å². The van der Waals surface area contributed by atoms with Crippen molar-refractivity contribution in [2.45, 2.75) is 0 Å². The van der Waals surface area contributed by atoms with E-state index in [1.165, 1.54) is 12.1 Å². The standard InChI is InChI=1S/C12H7F4N3O2/c13-5-4-6(14)10(16)11(9(5)15)18-8-3-1-2-7(17)12(8)19(20)21/h1-4,18H,17H2. The number of nitro groups is 1. The first-order valence-corrected chi connectivity index (χ1v) is 5.45. The second-order valence-corrected chi connectivity index (χ2v) is 3.97. The predicted molar refractivity (Wildman–Crippen MR) is 67.1 cm³/mol. The Hall–Kier alpha value is -2.84. The van der Waals surface area contributed by atoms with Gasteiger partial charge in [-0.1, -0.05) is 6.07 Å². The molecule has 0 aliphatic rings. The third kappa shape index (κ3) is 2.57. The number of para-hydroxylation sites is 1. The van der Waals surface area contributed by atoms with E-state index in [4.69, 9.17) is 5.73 Å². The second kappa shape index (κ2) is 5.27. The van der Waals surface area contributed by atoms with Crippen molar-refractivity contribution in [3.8, 4) is 0 Å². The van der Waals surface area contributed by atoms with E-state index in [1.54, 1.807) is 0 Å². The Labute approximate surface area is 115 Å². The summed E-state index contributed by atoms with van der Waals surface area (Å²) < 4.78 is 53.2. The number of hydrogen-bond acceptors (Lipinski definition) is 4. The second-order valence-electron chi connectivity index (χ2n) is 3.97. The zero-order valence-corrected chi connectivity index (χ0v) is 10.2. The van der Waals surface area contributed by atoms with Gasteiger partial charge in [0.25, 0.3) is 0 Å². The van der Waals surface area contributed by atoms with Gasteiger partial charge in [-0.05, 0) is 12.1 Å². The van der Waals surface area contributed by atoms with Gasteiger partial charge in [0.15, 0.2) is 23.3 Å². The topological polar surface area (TPSA) is 81.2 Å². The van der Waals surface area contributed by atoms with Crippen molar-refractivity contribution in [2.24, 2.45) is 0 Å². The van der Waals surface area contributed by atoms with Crippen molar-refractivity contribution in [3.05, 3.63) is 57.6 Å². The summed E-state index contributed by atoms with van der Waals surface area (Å²) in [6.07, 6.45) is 0. The summed E-state index contributed by atoms with van der Waals surface area (Å²) in [5.74, 6) is -6.68. The van der Waals surface area contributed by atoms with E-state index in [0.29, 0.717) is 0 Å². The minimum Gasteiger partial charge on any atom is -0.393 e. The van der Waals surface area contributed by atoms with Crippen molar-refractivity contribution in [1.29, 1.82) is 0 Å². The van der Waals surface area contributed by atoms with Gasteiger partial charge >= 0.3 is 5.69 Å². The summed E-state index contributed by atoms with van der Waals surface area (Å²) in [7, 11) is 0. The lowest BCUT2D eigenvalue weighted by molar-refractivity contribution is -0.383. The summed E-state index contributed by atoms with van der Waals surface area (Å²) >= 11 is 0. The average Bonchev–Trinajstić information content (AvgIpc) is 2.41. The SMILES string of the molecule is Nc1cccc(Nc2c(F)c(F)cc(F)c2F)c1[N+](=O)[O-]. The molecule has 110 valence electrons. The normalized spacial score (nSPS) is 10.5. The minimum absolute atomic E-state index is 0.0314. The predicted octanol–water partition coefficient (Wildman–Crippen LogP) is 3.48. The lowest BCUT2D eigenvalue weighted by Gasteiger charge is -2.11. The van der Waals surface area contributed by atoms with Crippen molar-refractivity contribution in [1.82, 2.24) is 0 Å². The number of rotatable bonds is 3. The van der Waals surface area contributed by atoms with Crippen LogP contribution in [-0.4, -0.2) is 4.92 Å². The first-order valence-electron chi connectivity index (χ1n) is 5.45. The van der Waals surface area contributed by atoms with Gasteiger partial charge in [-0.25, -0.2) is 17.6 Å². The maximum atomic E-state index is 13.5. The first kappa shape index (κ1) is 14.6. The number of benzene rings is 2. The largest absolute Gasteiger partial charge is 0.393 e. The Morgan fingerprint density at radius 3 is 2.19 bits per heavy atom. The van der Waals surface area contributed by atoms with Crippen molar-refractivity contribution in [3.63, 3.8) is 0 Å². The molecule has 0 aromatic heterocycles. The summed E-state index contributed by atoms with van der Waals surface area (Å²) in [4.78, 5) is 10.0. The molecular weight excluding hydrogens is 294 g/mol. The molecule has 0 amide bonds. The molecule has 0 saturated heterocycles. The number of hydrogen-bond donors (Lipinski definition) is 2. The van der Waals surface area contributed by atoms with E-state index < -0.39 is 45.3 Å². The summed E-state index contributed by atoms with van der Waals surface area (Å²) in [6, 6.07) is 3.60. The van der Waals surface area contributed by atoms with E-state index >= 15 is 0 Å². The van der Waals surface area contributed by atoms with Crippen LogP contribution in [0.3, 0.4) is 0 Å². The molecule has 0 aliphatic carbocycles. The first-order chi connectivity index (χ1) is 9.82. The highest BCUT2D eigenvalue weighted by molar-refractivity contribution is 5.78. The van der Waals surface area contributed by atoms with Crippen LogP contribution < -0.4 is 11.1 Å². The molecule has 0 radical (unpaired) electrons. The highest BCUT2D eigenvalue weighted by Gasteiger charge is 2.23. The van der Waals surface area contributed by atoms with Crippen LogP contribution in [0.15, 0.2) is 24.3 Å². The molecule has 21 heavy (non-hydrogen) atoms. The Morgan fingerprint density at radius 2 is 1.67 bits per heavy atom. The molecule has 0 heterocycles. The molecule has 0 bridgehead atoms. The number of nitrogen functional groups attached to an aromatic ring is 1. The van der Waals surface area contributed by atoms with Crippen LogP contribution in [0.25, 0.3) is 0 Å². The monoisotopic (exact) mass is 301 g/mol. The fourth-order valence-electron chi connectivity index (χ4n) is 1.68. The van der Waals surface area contributed by atoms with Gasteiger partial charge < -0.3 is 11.1 Å². The van der Waals surface area contributed by atoms with Crippen molar-refractivity contribution < 1.29 is 22.5 Å². The van der Waals surface area contributed by atoms with Crippen LogP contribution in [0, 0.1) is 33.4 Å². The molecule has 0 saturated carbocycles. The van der Waals surface area contributed by atoms with Gasteiger partial charge in [0.05, 0.1) is 4.92 Å². The van der Waals surface area contributed by atoms with Crippen LogP contribution in [0.2, 0.25) is 0 Å². The number of nitrogens with one attached hydrogen (secondary N) is 1. The number of nitro benzene ring substituents is 1. The fraction of sp³-hybridized carbons (Fsp3) is 0. The highest BCUT2D eigenvalue weighted by atomic mass is 19.2. The molecule has 5 nitrogen and oxygen atoms in total. The van der Waals surface area contributed by atoms with Crippen LogP contribution in [0.5, 0.6) is 0 Å². The van der Waals surface area contributed by atoms with E-state index in [9.17, 15) is 27.7 Å². The third-order valence-corrected chi connectivity index (χ3v) is 2.62. The van der Waals surface area contributed by atoms with E-state index in [1.807, 2.05) is 5.32 Å². The van der Waals surface area contributed by atoms with Crippen LogP contribution in [0.4, 0.5) is 40.3 Å². The molecule has 2 aromatic carbocycles. The molecule has 2 aromatic rings. The quantitative estimate of drug-likeness (QED) is 0.299. The number of nitrogens with two attached hydrogens (primary N) is 1. The Morgan fingerprint density at radius 1 is 1.10 bits per heavy atom. The Balaban J connectivity index is 2.59. The van der Waals surface area contributed by atoms with Gasteiger partial charge in [-0.2, -0.15) is 0 Å². The fourth-order valence-corrected chi connectivity index (χ4v) is 1.68. The lowest BCUT2D eigenvalue weighted by Crippen LogP contribution is -2.06. The van der Waals surface area contributed by atoms with Crippen LogP contribution in [-0.2, 0) is 0 Å². The smallest absolute Gasteiger partial charge is 0.315 e. The van der Waals surface area contributed by atoms with Gasteiger partial charge in [0, 0.05) is 6.07 Å². The number of anilines is 3. The molecule has 0 spiro atoms. The zero-order valence-electron chi connectivity index (χ0n) is 10.2. The number of halogens is 4. The lowest BCUT2D eigenvalue weighted by atomic mass is 10.2. The molecule has 9 heteroatoms. The van der Waals surface area contributed by atoms with Crippen LogP contribution >= 0.6 is 0 Å². The van der Waals surface area contributed by atoms with Gasteiger partial charge in [0.1, 0.15) is 17.1 Å². The minimum atomic E-state index is -1.70. The molecule has 0 unspecified atom stereocenters. The summed E-state index contributed by atoms with van der Waals surface area (Å²) in [5, 5.41) is 12.8. The zero-order chi connectivity index (χ0) is 15.7. The summed E-state index contributed by atoms with van der Waals surface area (Å²) in [5.41, 5.74) is 2.87. The van der Waals surface area contributed by atoms with E-state index in [2.05, 4.69) is 0 Å².